The van der Waals surface area contributed by atoms with Gasteiger partial charge in [-0.3, -0.25) is 14.6 Å². The van der Waals surface area contributed by atoms with Crippen LogP contribution in [0.3, 0.4) is 0 Å². The molecule has 0 radical (unpaired) electrons. The van der Waals surface area contributed by atoms with Gasteiger partial charge in [0, 0.05) is 45.3 Å². The minimum Gasteiger partial charge on any atom is -0.395 e. The number of likely N-dealkylation sites (tertiary alicyclic amines) is 1. The van der Waals surface area contributed by atoms with Gasteiger partial charge in [0.05, 0.1) is 13.2 Å². The second-order valence-corrected chi connectivity index (χ2v) is 6.78. The van der Waals surface area contributed by atoms with Gasteiger partial charge in [-0.15, -0.1) is 0 Å². The van der Waals surface area contributed by atoms with E-state index in [0.29, 0.717) is 12.6 Å². The Morgan fingerprint density at radius 3 is 2.57 bits per heavy atom. The molecular formula is C17H34N4O2. The smallest absolute Gasteiger partial charge is 0.234 e. The largest absolute Gasteiger partial charge is 0.395 e. The maximum atomic E-state index is 12.0. The Hall–Kier alpha value is -0.690. The van der Waals surface area contributed by atoms with E-state index < -0.39 is 0 Å². The molecule has 23 heavy (non-hydrogen) atoms. The van der Waals surface area contributed by atoms with Gasteiger partial charge in [-0.1, -0.05) is 13.3 Å². The molecule has 6 heteroatoms. The topological polar surface area (TPSA) is 59.0 Å². The number of aliphatic hydroxyl groups excluding tert-OH is 1. The number of piperidine rings is 1. The standard InChI is InChI=1S/C17H34N4O2/c1-2-19-10-12-20(13-11-19)14-17(23)18-7-5-9-21-8-4-3-6-16(21)15-22/h16,22H,2-15H2,1H3,(H,18,23)/t16-/m0/s1. The van der Waals surface area contributed by atoms with E-state index in [4.69, 9.17) is 0 Å². The summed E-state index contributed by atoms with van der Waals surface area (Å²) >= 11 is 0. The van der Waals surface area contributed by atoms with Gasteiger partial charge in [-0.05, 0) is 32.4 Å². The van der Waals surface area contributed by atoms with Gasteiger partial charge in [0.15, 0.2) is 0 Å². The lowest BCUT2D eigenvalue weighted by molar-refractivity contribution is -0.122. The number of nitrogens with one attached hydrogen (secondary N) is 1. The third-order valence-corrected chi connectivity index (χ3v) is 5.18. The minimum absolute atomic E-state index is 0.146. The summed E-state index contributed by atoms with van der Waals surface area (Å²) in [5.74, 6) is 0.146. The number of likely N-dealkylation sites (N-methyl/N-ethyl adjacent to an activating group) is 1. The van der Waals surface area contributed by atoms with Crippen molar-refractivity contribution in [2.24, 2.45) is 0 Å². The molecule has 2 aliphatic rings. The maximum absolute atomic E-state index is 12.0. The van der Waals surface area contributed by atoms with Crippen molar-refractivity contribution in [2.75, 3.05) is 65.5 Å². The fraction of sp³-hybridized carbons (Fsp3) is 0.941. The minimum atomic E-state index is 0.146. The van der Waals surface area contributed by atoms with Gasteiger partial charge >= 0.3 is 0 Å². The molecule has 0 saturated carbocycles. The monoisotopic (exact) mass is 326 g/mol. The highest BCUT2D eigenvalue weighted by atomic mass is 16.3. The molecule has 0 unspecified atom stereocenters. The molecular weight excluding hydrogens is 292 g/mol. The van der Waals surface area contributed by atoms with Gasteiger partial charge in [0.25, 0.3) is 0 Å². The third-order valence-electron chi connectivity index (χ3n) is 5.18. The molecule has 0 spiro atoms. The van der Waals surface area contributed by atoms with Gasteiger partial charge in [-0.25, -0.2) is 0 Å². The molecule has 1 atom stereocenters. The number of carbonyl (C=O) groups is 1. The number of aliphatic hydroxyl groups is 1. The second kappa shape index (κ2) is 10.2. The molecule has 2 heterocycles. The summed E-state index contributed by atoms with van der Waals surface area (Å²) in [6.07, 6.45) is 4.52. The predicted octanol–water partition coefficient (Wildman–Crippen LogP) is -0.0230. The van der Waals surface area contributed by atoms with Crippen LogP contribution in [-0.4, -0.2) is 97.3 Å². The first-order valence-corrected chi connectivity index (χ1v) is 9.29. The number of rotatable bonds is 8. The molecule has 0 aromatic heterocycles. The lowest BCUT2D eigenvalue weighted by atomic mass is 10.0. The Kier molecular flexibility index (Phi) is 8.30. The van der Waals surface area contributed by atoms with Gasteiger partial charge < -0.3 is 15.3 Å². The van der Waals surface area contributed by atoms with Crippen molar-refractivity contribution in [1.82, 2.24) is 20.0 Å². The van der Waals surface area contributed by atoms with Crippen LogP contribution in [0.4, 0.5) is 0 Å². The highest BCUT2D eigenvalue weighted by molar-refractivity contribution is 5.77. The zero-order valence-corrected chi connectivity index (χ0v) is 14.7. The van der Waals surface area contributed by atoms with Crippen LogP contribution in [0.5, 0.6) is 0 Å². The van der Waals surface area contributed by atoms with Crippen molar-refractivity contribution in [3.63, 3.8) is 0 Å². The fourth-order valence-corrected chi connectivity index (χ4v) is 3.59. The van der Waals surface area contributed by atoms with Crippen molar-refractivity contribution < 1.29 is 9.90 Å². The SMILES string of the molecule is CCN1CCN(CC(=O)NCCCN2CCCC[C@H]2CO)CC1. The third kappa shape index (κ3) is 6.37. The van der Waals surface area contributed by atoms with E-state index in [9.17, 15) is 9.90 Å². The Bertz CT molecular complexity index is 345. The summed E-state index contributed by atoms with van der Waals surface area (Å²) in [6.45, 7) is 11.0. The van der Waals surface area contributed by atoms with E-state index in [2.05, 4.69) is 26.9 Å². The number of hydrogen-bond acceptors (Lipinski definition) is 5. The fourth-order valence-electron chi connectivity index (χ4n) is 3.59. The first-order chi connectivity index (χ1) is 11.2. The predicted molar refractivity (Wildman–Crippen MR) is 92.5 cm³/mol. The molecule has 2 N–H and O–H groups in total. The molecule has 2 fully saturated rings. The first-order valence-electron chi connectivity index (χ1n) is 9.29. The molecule has 2 saturated heterocycles. The van der Waals surface area contributed by atoms with E-state index in [-0.39, 0.29) is 12.5 Å². The summed E-state index contributed by atoms with van der Waals surface area (Å²) in [4.78, 5) is 19.1. The number of hydrogen-bond donors (Lipinski definition) is 2. The van der Waals surface area contributed by atoms with Crippen LogP contribution in [0.25, 0.3) is 0 Å². The van der Waals surface area contributed by atoms with E-state index in [1.807, 2.05) is 0 Å². The number of carbonyl (C=O) groups excluding carboxylic acids is 1. The number of piperazine rings is 1. The average molecular weight is 326 g/mol. The summed E-state index contributed by atoms with van der Waals surface area (Å²) in [7, 11) is 0. The average Bonchev–Trinajstić information content (AvgIpc) is 2.59. The summed E-state index contributed by atoms with van der Waals surface area (Å²) in [6, 6.07) is 0.328. The Morgan fingerprint density at radius 1 is 1.13 bits per heavy atom. The van der Waals surface area contributed by atoms with E-state index >= 15 is 0 Å². The van der Waals surface area contributed by atoms with E-state index in [1.165, 1.54) is 12.8 Å². The quantitative estimate of drug-likeness (QED) is 0.614. The molecule has 2 rings (SSSR count). The molecule has 0 bridgehead atoms. The van der Waals surface area contributed by atoms with Crippen LogP contribution >= 0.6 is 0 Å². The van der Waals surface area contributed by atoms with Crippen molar-refractivity contribution in [1.29, 1.82) is 0 Å². The molecule has 2 aliphatic heterocycles. The van der Waals surface area contributed by atoms with Crippen LogP contribution in [0.15, 0.2) is 0 Å². The van der Waals surface area contributed by atoms with Crippen molar-refractivity contribution in [2.45, 2.75) is 38.6 Å². The highest BCUT2D eigenvalue weighted by Crippen LogP contribution is 2.16. The normalized spacial score (nSPS) is 24.7. The molecule has 134 valence electrons. The van der Waals surface area contributed by atoms with Crippen LogP contribution < -0.4 is 5.32 Å². The number of nitrogens with zero attached hydrogens (tertiary/aromatic N) is 3. The number of amides is 1. The Balaban J connectivity index is 1.54. The lowest BCUT2D eigenvalue weighted by Gasteiger charge is -2.34. The zero-order chi connectivity index (χ0) is 16.5. The lowest BCUT2D eigenvalue weighted by Crippen LogP contribution is -2.49. The van der Waals surface area contributed by atoms with Gasteiger partial charge in [0.1, 0.15) is 0 Å². The van der Waals surface area contributed by atoms with Crippen molar-refractivity contribution in [3.8, 4) is 0 Å². The first kappa shape index (κ1) is 18.6. The molecule has 6 nitrogen and oxygen atoms in total. The van der Waals surface area contributed by atoms with Crippen molar-refractivity contribution >= 4 is 5.91 Å². The van der Waals surface area contributed by atoms with Crippen LogP contribution in [0.2, 0.25) is 0 Å². The zero-order valence-electron chi connectivity index (χ0n) is 14.7. The second-order valence-electron chi connectivity index (χ2n) is 6.78. The van der Waals surface area contributed by atoms with Crippen LogP contribution in [0.1, 0.15) is 32.6 Å². The van der Waals surface area contributed by atoms with Crippen LogP contribution in [-0.2, 0) is 4.79 Å². The Labute approximate surface area is 140 Å². The molecule has 0 aromatic carbocycles. The van der Waals surface area contributed by atoms with Gasteiger partial charge in [-0.2, -0.15) is 0 Å². The summed E-state index contributed by atoms with van der Waals surface area (Å²) in [5, 5.41) is 12.4. The van der Waals surface area contributed by atoms with E-state index in [1.54, 1.807) is 0 Å². The summed E-state index contributed by atoms with van der Waals surface area (Å²) in [5.41, 5.74) is 0. The summed E-state index contributed by atoms with van der Waals surface area (Å²) < 4.78 is 0. The van der Waals surface area contributed by atoms with E-state index in [0.717, 1.165) is 65.2 Å². The Morgan fingerprint density at radius 2 is 1.87 bits per heavy atom. The van der Waals surface area contributed by atoms with Crippen LogP contribution in [0, 0.1) is 0 Å². The molecule has 0 aromatic rings. The van der Waals surface area contributed by atoms with Gasteiger partial charge in [0.2, 0.25) is 5.91 Å². The molecule has 1 amide bonds. The molecule has 0 aliphatic carbocycles. The maximum Gasteiger partial charge on any atom is 0.234 e. The van der Waals surface area contributed by atoms with Crippen molar-refractivity contribution in [3.05, 3.63) is 0 Å². The highest BCUT2D eigenvalue weighted by Gasteiger charge is 2.21.